The van der Waals surface area contributed by atoms with Gasteiger partial charge in [0, 0.05) is 11.6 Å². The average molecular weight is 301 g/mol. The van der Waals surface area contributed by atoms with Gasteiger partial charge in [-0.3, -0.25) is 14.9 Å². The summed E-state index contributed by atoms with van der Waals surface area (Å²) in [6, 6.07) is 13.9. The first-order valence-electron chi connectivity index (χ1n) is 6.60. The quantitative estimate of drug-likeness (QED) is 0.348. The highest BCUT2D eigenvalue weighted by Crippen LogP contribution is 2.29. The zero-order valence-electron chi connectivity index (χ0n) is 11.6. The fourth-order valence-electron chi connectivity index (χ4n) is 1.88. The summed E-state index contributed by atoms with van der Waals surface area (Å²) in [5.41, 5.74) is 1.85. The number of hydrogen-bond acceptors (Lipinski definition) is 4. The predicted molar refractivity (Wildman–Crippen MR) is 84.0 cm³/mol. The minimum absolute atomic E-state index is 0.0270. The lowest BCUT2D eigenvalue weighted by molar-refractivity contribution is -0.387. The Morgan fingerprint density at radius 3 is 2.43 bits per heavy atom. The number of Topliss-reactive ketones (excluding diaryl/α,β-unsaturated/α-hetero) is 1. The zero-order valence-corrected chi connectivity index (χ0v) is 12.4. The monoisotopic (exact) mass is 301 g/mol. The van der Waals surface area contributed by atoms with E-state index in [-0.39, 0.29) is 17.2 Å². The van der Waals surface area contributed by atoms with Crippen molar-refractivity contribution in [2.24, 2.45) is 0 Å². The van der Waals surface area contributed by atoms with Crippen molar-refractivity contribution in [3.8, 4) is 0 Å². The standard InChI is InChI=1S/C16H15NO3S/c1-2-12-7-9-13(10-8-12)15(18)11-21-16-6-4-3-5-14(16)17(19)20/h3-10H,2,11H2,1H3. The van der Waals surface area contributed by atoms with Gasteiger partial charge in [-0.1, -0.05) is 43.3 Å². The molecule has 2 rings (SSSR count). The van der Waals surface area contributed by atoms with Crippen LogP contribution in [0.5, 0.6) is 0 Å². The van der Waals surface area contributed by atoms with Crippen molar-refractivity contribution in [3.05, 3.63) is 69.8 Å². The maximum atomic E-state index is 12.1. The van der Waals surface area contributed by atoms with E-state index in [2.05, 4.69) is 6.92 Å². The number of aryl methyl sites for hydroxylation is 1. The number of nitro benzene ring substituents is 1. The summed E-state index contributed by atoms with van der Waals surface area (Å²) in [7, 11) is 0. The highest BCUT2D eigenvalue weighted by Gasteiger charge is 2.14. The highest BCUT2D eigenvalue weighted by atomic mass is 32.2. The van der Waals surface area contributed by atoms with Crippen molar-refractivity contribution in [1.82, 2.24) is 0 Å². The second-order valence-electron chi connectivity index (χ2n) is 4.49. The maximum absolute atomic E-state index is 12.1. The summed E-state index contributed by atoms with van der Waals surface area (Å²) in [6.07, 6.45) is 0.930. The summed E-state index contributed by atoms with van der Waals surface area (Å²) >= 11 is 1.20. The molecule has 0 radical (unpaired) electrons. The molecule has 0 unspecified atom stereocenters. The molecule has 0 aromatic heterocycles. The molecule has 0 fully saturated rings. The predicted octanol–water partition coefficient (Wildman–Crippen LogP) is 4.13. The molecule has 0 bridgehead atoms. The molecule has 0 saturated carbocycles. The summed E-state index contributed by atoms with van der Waals surface area (Å²) in [4.78, 5) is 23.1. The van der Waals surface area contributed by atoms with Gasteiger partial charge in [-0.25, -0.2) is 0 Å². The Morgan fingerprint density at radius 1 is 1.14 bits per heavy atom. The molecule has 2 aromatic carbocycles. The minimum Gasteiger partial charge on any atom is -0.293 e. The van der Waals surface area contributed by atoms with Gasteiger partial charge in [0.1, 0.15) is 0 Å². The molecule has 0 saturated heterocycles. The van der Waals surface area contributed by atoms with Crippen molar-refractivity contribution in [2.75, 3.05) is 5.75 Å². The zero-order chi connectivity index (χ0) is 15.2. The van der Waals surface area contributed by atoms with Gasteiger partial charge < -0.3 is 0 Å². The third-order valence-electron chi connectivity index (χ3n) is 3.10. The number of carbonyl (C=O) groups excluding carboxylic acids is 1. The lowest BCUT2D eigenvalue weighted by Gasteiger charge is -2.04. The van der Waals surface area contributed by atoms with Crippen molar-refractivity contribution in [1.29, 1.82) is 0 Å². The summed E-state index contributed by atoms with van der Waals surface area (Å²) in [6.45, 7) is 2.06. The Morgan fingerprint density at radius 2 is 1.81 bits per heavy atom. The molecule has 0 N–H and O–H groups in total. The van der Waals surface area contributed by atoms with Crippen LogP contribution in [0, 0.1) is 10.1 Å². The van der Waals surface area contributed by atoms with Gasteiger partial charge in [0.2, 0.25) is 0 Å². The van der Waals surface area contributed by atoms with Crippen LogP contribution in [0.3, 0.4) is 0 Å². The lowest BCUT2D eigenvalue weighted by atomic mass is 10.1. The number of thioether (sulfide) groups is 1. The molecule has 4 nitrogen and oxygen atoms in total. The molecule has 0 atom stereocenters. The molecule has 5 heteroatoms. The van der Waals surface area contributed by atoms with Gasteiger partial charge in [0.05, 0.1) is 15.6 Å². The maximum Gasteiger partial charge on any atom is 0.282 e. The summed E-state index contributed by atoms with van der Waals surface area (Å²) < 4.78 is 0. The number of hydrogen-bond donors (Lipinski definition) is 0. The van der Waals surface area contributed by atoms with Crippen molar-refractivity contribution < 1.29 is 9.72 Å². The fourth-order valence-corrected chi connectivity index (χ4v) is 2.80. The number of nitrogens with zero attached hydrogens (tertiary/aromatic N) is 1. The molecule has 0 aliphatic heterocycles. The largest absolute Gasteiger partial charge is 0.293 e. The molecule has 0 aliphatic rings. The first-order chi connectivity index (χ1) is 10.1. The van der Waals surface area contributed by atoms with Crippen LogP contribution in [0.15, 0.2) is 53.4 Å². The van der Waals surface area contributed by atoms with E-state index in [9.17, 15) is 14.9 Å². The number of rotatable bonds is 6. The van der Waals surface area contributed by atoms with Gasteiger partial charge in [-0.2, -0.15) is 0 Å². The molecule has 2 aromatic rings. The first kappa shape index (κ1) is 15.3. The number of para-hydroxylation sites is 1. The normalized spacial score (nSPS) is 10.3. The summed E-state index contributed by atoms with van der Waals surface area (Å²) in [5.74, 6) is 0.164. The van der Waals surface area contributed by atoms with Crippen molar-refractivity contribution >= 4 is 23.2 Å². The number of benzene rings is 2. The van der Waals surface area contributed by atoms with Gasteiger partial charge >= 0.3 is 0 Å². The molecular formula is C16H15NO3S. The minimum atomic E-state index is -0.428. The van der Waals surface area contributed by atoms with Crippen LogP contribution in [-0.2, 0) is 6.42 Å². The fraction of sp³-hybridized carbons (Fsp3) is 0.188. The van der Waals surface area contributed by atoms with Crippen LogP contribution in [0.2, 0.25) is 0 Å². The first-order valence-corrected chi connectivity index (χ1v) is 7.58. The van der Waals surface area contributed by atoms with E-state index in [1.54, 1.807) is 30.3 Å². The van der Waals surface area contributed by atoms with Crippen LogP contribution in [-0.4, -0.2) is 16.5 Å². The van der Waals surface area contributed by atoms with E-state index in [1.807, 2.05) is 12.1 Å². The van der Waals surface area contributed by atoms with E-state index in [0.29, 0.717) is 10.5 Å². The van der Waals surface area contributed by atoms with Gasteiger partial charge in [-0.15, -0.1) is 11.8 Å². The smallest absolute Gasteiger partial charge is 0.282 e. The van der Waals surface area contributed by atoms with Gasteiger partial charge in [0.25, 0.3) is 5.69 Å². The number of carbonyl (C=O) groups is 1. The second kappa shape index (κ2) is 7.04. The van der Waals surface area contributed by atoms with Crippen molar-refractivity contribution in [2.45, 2.75) is 18.2 Å². The molecule has 108 valence electrons. The molecule has 0 spiro atoms. The third kappa shape index (κ3) is 3.92. The molecule has 0 aliphatic carbocycles. The van der Waals surface area contributed by atoms with E-state index in [0.717, 1.165) is 6.42 Å². The van der Waals surface area contributed by atoms with E-state index in [4.69, 9.17) is 0 Å². The van der Waals surface area contributed by atoms with E-state index >= 15 is 0 Å². The lowest BCUT2D eigenvalue weighted by Crippen LogP contribution is -2.03. The second-order valence-corrected chi connectivity index (χ2v) is 5.50. The van der Waals surface area contributed by atoms with Crippen molar-refractivity contribution in [3.63, 3.8) is 0 Å². The average Bonchev–Trinajstić information content (AvgIpc) is 2.52. The Labute approximate surface area is 127 Å². The van der Waals surface area contributed by atoms with Crippen LogP contribution in [0.1, 0.15) is 22.8 Å². The molecular weight excluding hydrogens is 286 g/mol. The summed E-state index contributed by atoms with van der Waals surface area (Å²) in [5, 5.41) is 10.9. The number of ketones is 1. The van der Waals surface area contributed by atoms with Crippen LogP contribution in [0.25, 0.3) is 0 Å². The Balaban J connectivity index is 2.05. The number of nitro groups is 1. The Kier molecular flexibility index (Phi) is 5.11. The van der Waals surface area contributed by atoms with Gasteiger partial charge in [0.15, 0.2) is 5.78 Å². The van der Waals surface area contributed by atoms with Crippen LogP contribution < -0.4 is 0 Å². The van der Waals surface area contributed by atoms with Crippen LogP contribution in [0.4, 0.5) is 5.69 Å². The Bertz CT molecular complexity index is 653. The molecule has 0 heterocycles. The van der Waals surface area contributed by atoms with E-state index < -0.39 is 4.92 Å². The highest BCUT2D eigenvalue weighted by molar-refractivity contribution is 8.00. The SMILES string of the molecule is CCc1ccc(C(=O)CSc2ccccc2[N+](=O)[O-])cc1. The molecule has 21 heavy (non-hydrogen) atoms. The van der Waals surface area contributed by atoms with Gasteiger partial charge in [-0.05, 0) is 18.1 Å². The van der Waals surface area contributed by atoms with E-state index in [1.165, 1.54) is 23.4 Å². The van der Waals surface area contributed by atoms with Crippen LogP contribution >= 0.6 is 11.8 Å². The Hall–Kier alpha value is -2.14. The topological polar surface area (TPSA) is 60.2 Å². The molecule has 0 amide bonds. The third-order valence-corrected chi connectivity index (χ3v) is 4.17.